The van der Waals surface area contributed by atoms with E-state index in [4.69, 9.17) is 16.3 Å². The summed E-state index contributed by atoms with van der Waals surface area (Å²) < 4.78 is 6.21. The number of aromatic nitrogens is 2. The topological polar surface area (TPSA) is 58.2 Å². The molecule has 0 aliphatic rings. The number of benzene rings is 1. The molecule has 126 valence electrons. The zero-order valence-electron chi connectivity index (χ0n) is 13.8. The van der Waals surface area contributed by atoms with E-state index in [0.29, 0.717) is 10.7 Å². The summed E-state index contributed by atoms with van der Waals surface area (Å²) in [5.74, 6) is 0. The fourth-order valence-electron chi connectivity index (χ4n) is 2.51. The zero-order valence-corrected chi connectivity index (χ0v) is 16.1. The smallest absolute Gasteiger partial charge is 0.414 e. The third-order valence-electron chi connectivity index (χ3n) is 3.55. The normalized spacial score (nSPS) is 11.9. The second kappa shape index (κ2) is 5.93. The highest BCUT2D eigenvalue weighted by Gasteiger charge is 2.24. The molecule has 1 N–H and O–H groups in total. The van der Waals surface area contributed by atoms with E-state index in [0.717, 1.165) is 26.4 Å². The van der Waals surface area contributed by atoms with Gasteiger partial charge < -0.3 is 9.72 Å². The Bertz CT molecular complexity index is 946. The predicted octanol–water partition coefficient (Wildman–Crippen LogP) is 5.50. The molecule has 0 atom stereocenters. The van der Waals surface area contributed by atoms with Gasteiger partial charge in [-0.05, 0) is 54.9 Å². The molecule has 1 amide bonds. The van der Waals surface area contributed by atoms with Gasteiger partial charge in [0.05, 0.1) is 16.2 Å². The number of pyridine rings is 1. The number of nitrogens with zero attached hydrogens (tertiary/aromatic N) is 2. The first kappa shape index (κ1) is 17.0. The second-order valence-electron chi connectivity index (χ2n) is 6.51. The highest BCUT2D eigenvalue weighted by Crippen LogP contribution is 2.41. The number of H-pyrrole nitrogens is 1. The molecule has 0 saturated carbocycles. The lowest BCUT2D eigenvalue weighted by Crippen LogP contribution is -2.34. The number of nitrogens with one attached hydrogen (secondary N) is 1. The van der Waals surface area contributed by atoms with E-state index in [9.17, 15) is 4.79 Å². The molecule has 2 aromatic heterocycles. The summed E-state index contributed by atoms with van der Waals surface area (Å²) >= 11 is 9.91. The van der Waals surface area contributed by atoms with E-state index >= 15 is 0 Å². The molecule has 7 heteroatoms. The van der Waals surface area contributed by atoms with Crippen molar-refractivity contribution >= 4 is 61.2 Å². The van der Waals surface area contributed by atoms with Crippen molar-refractivity contribution in [1.82, 2.24) is 9.97 Å². The summed E-state index contributed by atoms with van der Waals surface area (Å²) in [5.41, 5.74) is 1.55. The molecule has 0 radical (unpaired) electrons. The van der Waals surface area contributed by atoms with Crippen molar-refractivity contribution < 1.29 is 9.53 Å². The van der Waals surface area contributed by atoms with Crippen molar-refractivity contribution in [2.45, 2.75) is 26.4 Å². The molecule has 0 aliphatic carbocycles. The number of amides is 1. The maximum atomic E-state index is 12.4. The standard InChI is InChI=1S/C17H17BrClN3O2/c1-17(2,3)24-16(23)22(4)11-8-10(19)13(18)12-9-6-5-7-20-15(9)21-14(11)12/h5-8H,1-4H3,(H,20,21). The Balaban J connectivity index is 2.21. The Morgan fingerprint density at radius 2 is 2.12 bits per heavy atom. The molecule has 0 spiro atoms. The molecule has 0 unspecified atom stereocenters. The monoisotopic (exact) mass is 409 g/mol. The molecule has 5 nitrogen and oxygen atoms in total. The van der Waals surface area contributed by atoms with Crippen LogP contribution in [0, 0.1) is 0 Å². The number of carbonyl (C=O) groups is 1. The molecule has 0 aliphatic heterocycles. The van der Waals surface area contributed by atoms with Crippen molar-refractivity contribution in [2.24, 2.45) is 0 Å². The number of hydrogen-bond donors (Lipinski definition) is 1. The van der Waals surface area contributed by atoms with Gasteiger partial charge in [-0.15, -0.1) is 0 Å². The fourth-order valence-corrected chi connectivity index (χ4v) is 3.23. The highest BCUT2D eigenvalue weighted by atomic mass is 79.9. The van der Waals surface area contributed by atoms with Crippen LogP contribution in [0.25, 0.3) is 21.9 Å². The lowest BCUT2D eigenvalue weighted by atomic mass is 10.1. The van der Waals surface area contributed by atoms with Crippen LogP contribution in [-0.2, 0) is 4.74 Å². The van der Waals surface area contributed by atoms with Crippen molar-refractivity contribution in [3.8, 4) is 0 Å². The fraction of sp³-hybridized carbons (Fsp3) is 0.294. The Morgan fingerprint density at radius 1 is 1.42 bits per heavy atom. The highest BCUT2D eigenvalue weighted by molar-refractivity contribution is 9.10. The van der Waals surface area contributed by atoms with Crippen LogP contribution in [-0.4, -0.2) is 28.7 Å². The molecule has 0 fully saturated rings. The molecule has 24 heavy (non-hydrogen) atoms. The van der Waals surface area contributed by atoms with Crippen molar-refractivity contribution in [3.05, 3.63) is 33.9 Å². The van der Waals surface area contributed by atoms with Crippen LogP contribution in [0.2, 0.25) is 5.02 Å². The van der Waals surface area contributed by atoms with Crippen molar-refractivity contribution in [3.63, 3.8) is 0 Å². The summed E-state index contributed by atoms with van der Waals surface area (Å²) in [6, 6.07) is 5.55. The minimum atomic E-state index is -0.578. The maximum Gasteiger partial charge on any atom is 0.414 e. The van der Waals surface area contributed by atoms with E-state index in [2.05, 4.69) is 25.9 Å². The first-order chi connectivity index (χ1) is 11.2. The number of anilines is 1. The average molecular weight is 411 g/mol. The molecule has 3 rings (SSSR count). The van der Waals surface area contributed by atoms with Crippen LogP contribution < -0.4 is 4.90 Å². The molecular formula is C17H17BrClN3O2. The number of ether oxygens (including phenoxy) is 1. The molecule has 0 saturated heterocycles. The third-order valence-corrected chi connectivity index (χ3v) is 4.90. The van der Waals surface area contributed by atoms with Crippen molar-refractivity contribution in [2.75, 3.05) is 11.9 Å². The Morgan fingerprint density at radius 3 is 2.79 bits per heavy atom. The molecule has 3 aromatic rings. The van der Waals surface area contributed by atoms with Gasteiger partial charge in [0, 0.05) is 28.5 Å². The van der Waals surface area contributed by atoms with E-state index in [-0.39, 0.29) is 0 Å². The first-order valence-electron chi connectivity index (χ1n) is 7.40. The zero-order chi connectivity index (χ0) is 17.6. The summed E-state index contributed by atoms with van der Waals surface area (Å²) in [6.45, 7) is 5.49. The summed E-state index contributed by atoms with van der Waals surface area (Å²) in [6.07, 6.45) is 1.26. The lowest BCUT2D eigenvalue weighted by molar-refractivity contribution is 0.0589. The summed E-state index contributed by atoms with van der Waals surface area (Å²) in [7, 11) is 1.66. The first-order valence-corrected chi connectivity index (χ1v) is 8.57. The van der Waals surface area contributed by atoms with Gasteiger partial charge in [-0.3, -0.25) is 4.90 Å². The number of carbonyl (C=O) groups excluding carboxylic acids is 1. The van der Waals surface area contributed by atoms with Crippen LogP contribution >= 0.6 is 27.5 Å². The quantitative estimate of drug-likeness (QED) is 0.576. The van der Waals surface area contributed by atoms with Gasteiger partial charge in [0.25, 0.3) is 0 Å². The van der Waals surface area contributed by atoms with Gasteiger partial charge >= 0.3 is 6.09 Å². The van der Waals surface area contributed by atoms with E-state index in [1.54, 1.807) is 19.3 Å². The molecule has 2 heterocycles. The van der Waals surface area contributed by atoms with E-state index in [1.165, 1.54) is 4.90 Å². The Hall–Kier alpha value is -1.79. The van der Waals surface area contributed by atoms with Crippen LogP contribution in [0.5, 0.6) is 0 Å². The molecular weight excluding hydrogens is 394 g/mol. The number of rotatable bonds is 1. The van der Waals surface area contributed by atoms with Crippen LogP contribution in [0.15, 0.2) is 28.9 Å². The average Bonchev–Trinajstić information content (AvgIpc) is 2.88. The van der Waals surface area contributed by atoms with Crippen LogP contribution in [0.4, 0.5) is 10.5 Å². The Kier molecular flexibility index (Phi) is 4.21. The lowest BCUT2D eigenvalue weighted by Gasteiger charge is -2.25. The van der Waals surface area contributed by atoms with Gasteiger partial charge in [-0.2, -0.15) is 0 Å². The van der Waals surface area contributed by atoms with Crippen molar-refractivity contribution in [1.29, 1.82) is 0 Å². The van der Waals surface area contributed by atoms with E-state index in [1.807, 2.05) is 32.9 Å². The maximum absolute atomic E-state index is 12.4. The van der Waals surface area contributed by atoms with Gasteiger partial charge in [-0.1, -0.05) is 11.6 Å². The third kappa shape index (κ3) is 2.96. The Labute approximate surface area is 153 Å². The minimum absolute atomic E-state index is 0.450. The minimum Gasteiger partial charge on any atom is -0.443 e. The predicted molar refractivity (Wildman–Crippen MR) is 101 cm³/mol. The largest absolute Gasteiger partial charge is 0.443 e. The number of fused-ring (bicyclic) bond motifs is 3. The number of halogens is 2. The summed E-state index contributed by atoms with van der Waals surface area (Å²) in [5, 5.41) is 2.33. The second-order valence-corrected chi connectivity index (χ2v) is 7.71. The SMILES string of the molecule is CN(C(=O)OC(C)(C)C)c1cc(Cl)c(Br)c2c1[nH]c1ncccc12. The van der Waals surface area contributed by atoms with Crippen LogP contribution in [0.1, 0.15) is 20.8 Å². The molecule has 0 bridgehead atoms. The van der Waals surface area contributed by atoms with E-state index < -0.39 is 11.7 Å². The number of aromatic amines is 1. The molecule has 1 aromatic carbocycles. The van der Waals surface area contributed by atoms with Crippen LogP contribution in [0.3, 0.4) is 0 Å². The summed E-state index contributed by atoms with van der Waals surface area (Å²) in [4.78, 5) is 21.5. The number of hydrogen-bond acceptors (Lipinski definition) is 3. The van der Waals surface area contributed by atoms with Gasteiger partial charge in [0.1, 0.15) is 11.2 Å². The van der Waals surface area contributed by atoms with Gasteiger partial charge in [-0.25, -0.2) is 9.78 Å². The van der Waals surface area contributed by atoms with Gasteiger partial charge in [0.15, 0.2) is 0 Å². The van der Waals surface area contributed by atoms with Gasteiger partial charge in [0.2, 0.25) is 0 Å².